The third kappa shape index (κ3) is 4.69. The number of anilines is 2. The average Bonchev–Trinajstić information content (AvgIpc) is 3.31. The van der Waals surface area contributed by atoms with Crippen LogP contribution in [0.3, 0.4) is 0 Å². The van der Waals surface area contributed by atoms with Gasteiger partial charge in [-0.3, -0.25) is 4.79 Å². The molecule has 2 aliphatic rings. The average molecular weight is 449 g/mol. The van der Waals surface area contributed by atoms with Crippen LogP contribution in [0.2, 0.25) is 0 Å². The van der Waals surface area contributed by atoms with Crippen LogP contribution >= 0.6 is 11.3 Å². The van der Waals surface area contributed by atoms with E-state index >= 15 is 0 Å². The van der Waals surface area contributed by atoms with Crippen molar-refractivity contribution in [2.75, 3.05) is 56.5 Å². The van der Waals surface area contributed by atoms with Crippen molar-refractivity contribution < 1.29 is 13.2 Å². The molecule has 2 fully saturated rings. The van der Waals surface area contributed by atoms with Gasteiger partial charge in [0, 0.05) is 50.6 Å². The molecule has 1 aromatic heterocycles. The highest BCUT2D eigenvalue weighted by molar-refractivity contribution is 7.91. The molecule has 0 unspecified atom stereocenters. The van der Waals surface area contributed by atoms with Crippen LogP contribution in [0.4, 0.5) is 11.4 Å². The van der Waals surface area contributed by atoms with Crippen LogP contribution in [-0.2, 0) is 14.8 Å². The largest absolute Gasteiger partial charge is 0.369 e. The van der Waals surface area contributed by atoms with Gasteiger partial charge in [0.25, 0.3) is 10.0 Å². The van der Waals surface area contributed by atoms with Crippen molar-refractivity contribution >= 4 is 38.6 Å². The lowest BCUT2D eigenvalue weighted by atomic mass is 9.98. The number of carbonyl (C=O) groups excluding carboxylic acids is 1. The van der Waals surface area contributed by atoms with Crippen molar-refractivity contribution in [3.63, 3.8) is 0 Å². The monoisotopic (exact) mass is 448 g/mol. The molecule has 2 saturated heterocycles. The summed E-state index contributed by atoms with van der Waals surface area (Å²) in [7, 11) is -1.38. The summed E-state index contributed by atoms with van der Waals surface area (Å²) in [5, 5.41) is 4.73. The molecule has 1 amide bonds. The molecule has 1 atom stereocenters. The minimum atomic E-state index is -3.52. The summed E-state index contributed by atoms with van der Waals surface area (Å²) in [6.45, 7) is 4.78. The first-order valence-corrected chi connectivity index (χ1v) is 12.6. The van der Waals surface area contributed by atoms with Crippen molar-refractivity contribution in [2.24, 2.45) is 5.92 Å². The number of amides is 1. The maximum absolute atomic E-state index is 12.8. The van der Waals surface area contributed by atoms with Crippen molar-refractivity contribution in [3.8, 4) is 0 Å². The molecule has 9 heteroatoms. The highest BCUT2D eigenvalue weighted by atomic mass is 32.2. The van der Waals surface area contributed by atoms with Crippen LogP contribution in [0.25, 0.3) is 0 Å². The van der Waals surface area contributed by atoms with Crippen molar-refractivity contribution in [1.82, 2.24) is 9.21 Å². The quantitative estimate of drug-likeness (QED) is 0.761. The second-order valence-electron chi connectivity index (χ2n) is 7.96. The molecule has 1 N–H and O–H groups in total. The van der Waals surface area contributed by atoms with Gasteiger partial charge in [-0.05, 0) is 55.6 Å². The smallest absolute Gasteiger partial charge is 0.252 e. The first-order chi connectivity index (χ1) is 14.4. The third-order valence-electron chi connectivity index (χ3n) is 5.85. The molecule has 30 heavy (non-hydrogen) atoms. The van der Waals surface area contributed by atoms with E-state index < -0.39 is 10.0 Å². The number of nitrogens with one attached hydrogen (secondary N) is 1. The Kier molecular flexibility index (Phi) is 6.43. The summed E-state index contributed by atoms with van der Waals surface area (Å²) in [6, 6.07) is 11.3. The molecule has 162 valence electrons. The molecule has 3 heterocycles. The second-order valence-corrected chi connectivity index (χ2v) is 11.1. The number of hydrogen-bond acceptors (Lipinski definition) is 6. The van der Waals surface area contributed by atoms with Crippen molar-refractivity contribution in [3.05, 3.63) is 41.8 Å². The van der Waals surface area contributed by atoms with E-state index in [0.717, 1.165) is 37.6 Å². The molecular weight excluding hydrogens is 420 g/mol. The Hall–Kier alpha value is -1.94. The highest BCUT2D eigenvalue weighted by Gasteiger charge is 2.33. The molecule has 0 spiro atoms. The number of piperazine rings is 1. The number of carbonyl (C=O) groups is 1. The summed E-state index contributed by atoms with van der Waals surface area (Å²) in [4.78, 5) is 17.5. The zero-order valence-corrected chi connectivity index (χ0v) is 18.8. The van der Waals surface area contributed by atoms with Crippen LogP contribution in [0.5, 0.6) is 0 Å². The highest BCUT2D eigenvalue weighted by Crippen LogP contribution is 2.27. The van der Waals surface area contributed by atoms with Crippen LogP contribution in [0.15, 0.2) is 46.0 Å². The molecule has 7 nitrogen and oxygen atoms in total. The van der Waals surface area contributed by atoms with Gasteiger partial charge < -0.3 is 15.1 Å². The molecule has 0 saturated carbocycles. The van der Waals surface area contributed by atoms with E-state index in [0.29, 0.717) is 23.6 Å². The van der Waals surface area contributed by atoms with Crippen LogP contribution in [0.1, 0.15) is 12.8 Å². The van der Waals surface area contributed by atoms with E-state index in [4.69, 9.17) is 0 Å². The predicted octanol–water partition coefficient (Wildman–Crippen LogP) is 2.54. The summed E-state index contributed by atoms with van der Waals surface area (Å²) in [5.41, 5.74) is 1.91. The Morgan fingerprint density at radius 3 is 2.47 bits per heavy atom. The van der Waals surface area contributed by atoms with Gasteiger partial charge >= 0.3 is 0 Å². The predicted molar refractivity (Wildman–Crippen MR) is 121 cm³/mol. The van der Waals surface area contributed by atoms with E-state index in [2.05, 4.69) is 22.2 Å². The van der Waals surface area contributed by atoms with E-state index in [9.17, 15) is 13.2 Å². The number of nitrogens with zero attached hydrogens (tertiary/aromatic N) is 3. The maximum Gasteiger partial charge on any atom is 0.252 e. The number of piperidine rings is 1. The van der Waals surface area contributed by atoms with Gasteiger partial charge in [-0.1, -0.05) is 6.07 Å². The SMILES string of the molecule is CN1CCN(c2ccc(NC(=O)[C@@H]3CCCN(S(=O)(=O)c4cccs4)C3)cc2)CC1. The minimum Gasteiger partial charge on any atom is -0.369 e. The molecular formula is C21H28N4O3S2. The van der Waals surface area contributed by atoms with Crippen LogP contribution in [0, 0.1) is 5.92 Å². The van der Waals surface area contributed by atoms with Gasteiger partial charge in [-0.15, -0.1) is 11.3 Å². The fourth-order valence-electron chi connectivity index (χ4n) is 3.98. The lowest BCUT2D eigenvalue weighted by molar-refractivity contribution is -0.120. The molecule has 4 rings (SSSR count). The Labute approximate surface area is 182 Å². The molecule has 1 aromatic carbocycles. The number of likely N-dealkylation sites (N-methyl/N-ethyl adjacent to an activating group) is 1. The van der Waals surface area contributed by atoms with Gasteiger partial charge in [-0.25, -0.2) is 8.42 Å². The van der Waals surface area contributed by atoms with Crippen LogP contribution in [-0.4, -0.2) is 69.8 Å². The topological polar surface area (TPSA) is 73.0 Å². The number of benzene rings is 1. The number of rotatable bonds is 5. The zero-order valence-electron chi connectivity index (χ0n) is 17.2. The van der Waals surface area contributed by atoms with Crippen molar-refractivity contribution in [1.29, 1.82) is 0 Å². The lowest BCUT2D eigenvalue weighted by Gasteiger charge is -2.34. The normalized spacial score (nSPS) is 21.5. The first kappa shape index (κ1) is 21.3. The van der Waals surface area contributed by atoms with Gasteiger partial charge in [-0.2, -0.15) is 4.31 Å². The molecule has 2 aliphatic heterocycles. The first-order valence-electron chi connectivity index (χ1n) is 10.3. The van der Waals surface area contributed by atoms with Gasteiger partial charge in [0.05, 0.1) is 5.92 Å². The number of thiophene rings is 1. The molecule has 0 bridgehead atoms. The lowest BCUT2D eigenvalue weighted by Crippen LogP contribution is -2.44. The van der Waals surface area contributed by atoms with E-state index in [1.165, 1.54) is 15.6 Å². The summed E-state index contributed by atoms with van der Waals surface area (Å²) >= 11 is 1.21. The van der Waals surface area contributed by atoms with E-state index in [1.54, 1.807) is 17.5 Å². The summed E-state index contributed by atoms with van der Waals surface area (Å²) in [5.74, 6) is -0.459. The van der Waals surface area contributed by atoms with Gasteiger partial charge in [0.2, 0.25) is 5.91 Å². The minimum absolute atomic E-state index is 0.117. The zero-order chi connectivity index (χ0) is 21.1. The van der Waals surface area contributed by atoms with Crippen molar-refractivity contribution in [2.45, 2.75) is 17.1 Å². The van der Waals surface area contributed by atoms with E-state index in [1.807, 2.05) is 24.3 Å². The standard InChI is InChI=1S/C21H28N4O3S2/c1-23-11-13-24(14-12-23)19-8-6-18(7-9-19)22-21(26)17-4-2-10-25(16-17)30(27,28)20-5-3-15-29-20/h3,5-9,15,17H,2,4,10-14,16H2,1H3,(H,22,26)/t17-/m1/s1. The number of sulfonamides is 1. The summed E-state index contributed by atoms with van der Waals surface area (Å²) < 4.78 is 27.3. The Bertz CT molecular complexity index is 953. The Morgan fingerprint density at radius 2 is 1.80 bits per heavy atom. The van der Waals surface area contributed by atoms with E-state index in [-0.39, 0.29) is 18.4 Å². The third-order valence-corrected chi connectivity index (χ3v) is 9.09. The fourth-order valence-corrected chi connectivity index (χ4v) is 6.65. The fraction of sp³-hybridized carbons (Fsp3) is 0.476. The van der Waals surface area contributed by atoms with Gasteiger partial charge in [0.1, 0.15) is 4.21 Å². The maximum atomic E-state index is 12.8. The second kappa shape index (κ2) is 9.05. The Balaban J connectivity index is 1.36. The molecule has 0 aliphatic carbocycles. The van der Waals surface area contributed by atoms with Gasteiger partial charge in [0.15, 0.2) is 0 Å². The van der Waals surface area contributed by atoms with Crippen LogP contribution < -0.4 is 10.2 Å². The summed E-state index contributed by atoms with van der Waals surface area (Å²) in [6.07, 6.45) is 1.38. The molecule has 0 radical (unpaired) electrons. The molecule has 2 aromatic rings. The Morgan fingerprint density at radius 1 is 1.07 bits per heavy atom. The number of hydrogen-bond donors (Lipinski definition) is 1.